The van der Waals surface area contributed by atoms with Crippen molar-refractivity contribution in [2.75, 3.05) is 13.7 Å². The first-order valence-corrected chi connectivity index (χ1v) is 17.7. The van der Waals surface area contributed by atoms with Gasteiger partial charge in [-0.15, -0.1) is 0 Å². The number of halogens is 1. The molecular weight excluding hydrogens is 738 g/mol. The number of carbonyl (C=O) groups is 1. The van der Waals surface area contributed by atoms with E-state index in [2.05, 4.69) is 20.9 Å². The molecule has 0 saturated heterocycles. The van der Waals surface area contributed by atoms with Crippen LogP contribution in [0.3, 0.4) is 0 Å². The minimum atomic E-state index is -0.893. The number of benzene rings is 4. The zero-order valence-corrected chi connectivity index (χ0v) is 30.9. The molecule has 11 nitrogen and oxygen atoms in total. The number of methoxy groups -OCH3 is 1. The van der Waals surface area contributed by atoms with Gasteiger partial charge in [0.1, 0.15) is 6.61 Å². The molecule has 6 rings (SSSR count). The lowest BCUT2D eigenvalue weighted by molar-refractivity contribution is -0.386. The number of hydrogen-bond donors (Lipinski definition) is 0. The molecule has 1 aromatic heterocycles. The predicted molar refractivity (Wildman–Crippen MR) is 198 cm³/mol. The Morgan fingerprint density at radius 3 is 2.59 bits per heavy atom. The van der Waals surface area contributed by atoms with Crippen LogP contribution in [0.1, 0.15) is 50.4 Å². The fraction of sp³-hybridized carbons (Fsp3) is 0.237. The highest BCUT2D eigenvalue weighted by molar-refractivity contribution is 9.10. The van der Waals surface area contributed by atoms with Gasteiger partial charge in [-0.25, -0.2) is 9.79 Å². The fourth-order valence-electron chi connectivity index (χ4n) is 5.99. The molecule has 262 valence electrons. The number of esters is 1. The number of rotatable bonds is 11. The Morgan fingerprint density at radius 1 is 1.10 bits per heavy atom. The first-order valence-electron chi connectivity index (χ1n) is 16.1. The van der Waals surface area contributed by atoms with E-state index in [-0.39, 0.29) is 40.9 Å². The van der Waals surface area contributed by atoms with Crippen LogP contribution in [-0.2, 0) is 16.1 Å². The normalized spacial score (nSPS) is 14.3. The number of allylic oxidation sites excluding steroid dienone is 1. The van der Waals surface area contributed by atoms with Crippen molar-refractivity contribution < 1.29 is 28.7 Å². The number of aromatic nitrogens is 1. The van der Waals surface area contributed by atoms with Crippen LogP contribution >= 0.6 is 27.3 Å². The highest BCUT2D eigenvalue weighted by Crippen LogP contribution is 2.39. The van der Waals surface area contributed by atoms with Crippen molar-refractivity contribution in [2.24, 2.45) is 4.99 Å². The molecule has 0 aliphatic carbocycles. The molecule has 0 bridgehead atoms. The highest BCUT2D eigenvalue weighted by atomic mass is 79.9. The molecule has 1 aliphatic heterocycles. The molecule has 0 radical (unpaired) electrons. The van der Waals surface area contributed by atoms with Gasteiger partial charge in [-0.3, -0.25) is 19.5 Å². The van der Waals surface area contributed by atoms with E-state index < -0.39 is 22.5 Å². The number of thiazole rings is 1. The van der Waals surface area contributed by atoms with Crippen LogP contribution in [0.25, 0.3) is 16.8 Å². The Kier molecular flexibility index (Phi) is 10.4. The number of nitro groups is 1. The maximum atomic E-state index is 14.2. The van der Waals surface area contributed by atoms with Crippen molar-refractivity contribution in [1.82, 2.24) is 4.57 Å². The molecule has 0 spiro atoms. The average molecular weight is 773 g/mol. The third kappa shape index (κ3) is 7.17. The Morgan fingerprint density at radius 2 is 1.86 bits per heavy atom. The molecule has 4 aromatic carbocycles. The van der Waals surface area contributed by atoms with Crippen LogP contribution in [0, 0.1) is 10.1 Å². The molecule has 5 aromatic rings. The Bertz CT molecular complexity index is 2390. The maximum Gasteiger partial charge on any atom is 0.338 e. The standard InChI is InChI=1S/C38H34BrN3O8S/c1-6-48-37(44)33-22(4)40-38-41(34(33)25-14-15-30(50-21(2)3)31(19-25)47-5)36(43)32(51-38)18-23-16-28(39)35(29(17-23)42(45)46)49-20-26-12-9-11-24-10-7-8-13-27(24)26/h7-19,21,34H,6,20H2,1-5H3/b32-18+/t34-/m0/s1. The van der Waals surface area contributed by atoms with Crippen LogP contribution in [0.5, 0.6) is 17.2 Å². The summed E-state index contributed by atoms with van der Waals surface area (Å²) in [6.07, 6.45) is 1.46. The van der Waals surface area contributed by atoms with E-state index in [9.17, 15) is 19.7 Å². The van der Waals surface area contributed by atoms with Gasteiger partial charge in [0, 0.05) is 6.07 Å². The van der Waals surface area contributed by atoms with E-state index in [1.165, 1.54) is 17.7 Å². The zero-order chi connectivity index (χ0) is 36.4. The summed E-state index contributed by atoms with van der Waals surface area (Å²) in [6, 6.07) is 21.1. The monoisotopic (exact) mass is 771 g/mol. The summed E-state index contributed by atoms with van der Waals surface area (Å²) in [5.74, 6) is 0.415. The largest absolute Gasteiger partial charge is 0.493 e. The number of nitro benzene ring substituents is 1. The lowest BCUT2D eigenvalue weighted by atomic mass is 9.95. The second kappa shape index (κ2) is 14.9. The predicted octanol–water partition coefficient (Wildman–Crippen LogP) is 7.00. The maximum absolute atomic E-state index is 14.2. The number of ether oxygens (including phenoxy) is 4. The van der Waals surface area contributed by atoms with Gasteiger partial charge in [0.2, 0.25) is 5.75 Å². The highest BCUT2D eigenvalue weighted by Gasteiger charge is 2.34. The van der Waals surface area contributed by atoms with Crippen molar-refractivity contribution in [1.29, 1.82) is 0 Å². The lowest BCUT2D eigenvalue weighted by Gasteiger charge is -2.25. The third-order valence-electron chi connectivity index (χ3n) is 8.18. The van der Waals surface area contributed by atoms with Gasteiger partial charge in [0.05, 0.1) is 51.1 Å². The minimum Gasteiger partial charge on any atom is -0.493 e. The summed E-state index contributed by atoms with van der Waals surface area (Å²) < 4.78 is 25.0. The molecule has 0 saturated carbocycles. The number of hydrogen-bond acceptors (Lipinski definition) is 10. The van der Waals surface area contributed by atoms with Gasteiger partial charge in [-0.05, 0) is 95.4 Å². The SMILES string of the molecule is CCOC(=O)C1=C(C)N=c2s/c(=C/c3cc(Br)c(OCc4cccc5ccccc45)c([N+](=O)[O-])c3)c(=O)n2[C@H]1c1ccc(OC(C)C)c(OC)c1. The number of fused-ring (bicyclic) bond motifs is 2. The number of carbonyl (C=O) groups excluding carboxylic acids is 1. The Balaban J connectivity index is 1.43. The topological polar surface area (TPSA) is 131 Å². The van der Waals surface area contributed by atoms with Crippen molar-refractivity contribution in [3.05, 3.63) is 135 Å². The molecule has 0 amide bonds. The first-order chi connectivity index (χ1) is 24.5. The second-order valence-electron chi connectivity index (χ2n) is 11.9. The zero-order valence-electron chi connectivity index (χ0n) is 28.5. The second-order valence-corrected chi connectivity index (χ2v) is 13.8. The lowest BCUT2D eigenvalue weighted by Crippen LogP contribution is -2.40. The molecule has 0 fully saturated rings. The van der Waals surface area contributed by atoms with Gasteiger partial charge in [0.15, 0.2) is 16.3 Å². The number of nitrogens with zero attached hydrogens (tertiary/aromatic N) is 3. The van der Waals surface area contributed by atoms with E-state index in [0.717, 1.165) is 27.7 Å². The molecule has 1 aliphatic rings. The Labute approximate surface area is 305 Å². The quantitative estimate of drug-likeness (QED) is 0.0798. The molecule has 0 N–H and O–H groups in total. The third-order valence-corrected chi connectivity index (χ3v) is 9.75. The first kappa shape index (κ1) is 35.6. The van der Waals surface area contributed by atoms with Crippen LogP contribution in [0.15, 0.2) is 98.3 Å². The van der Waals surface area contributed by atoms with Crippen molar-refractivity contribution >= 4 is 55.8 Å². The molecule has 2 heterocycles. The summed E-state index contributed by atoms with van der Waals surface area (Å²) in [5, 5.41) is 14.3. The fourth-order valence-corrected chi connectivity index (χ4v) is 7.62. The summed E-state index contributed by atoms with van der Waals surface area (Å²) in [6.45, 7) is 7.44. The van der Waals surface area contributed by atoms with Gasteiger partial charge >= 0.3 is 11.7 Å². The van der Waals surface area contributed by atoms with Gasteiger partial charge in [0.25, 0.3) is 5.56 Å². The van der Waals surface area contributed by atoms with E-state index in [1.54, 1.807) is 44.2 Å². The Hall–Kier alpha value is -5.27. The van der Waals surface area contributed by atoms with Crippen molar-refractivity contribution in [3.8, 4) is 17.2 Å². The molecular formula is C38H34BrN3O8S. The van der Waals surface area contributed by atoms with E-state index >= 15 is 0 Å². The summed E-state index contributed by atoms with van der Waals surface area (Å²) in [7, 11) is 1.52. The summed E-state index contributed by atoms with van der Waals surface area (Å²) in [4.78, 5) is 44.3. The van der Waals surface area contributed by atoms with Crippen LogP contribution < -0.4 is 29.1 Å². The smallest absolute Gasteiger partial charge is 0.338 e. The van der Waals surface area contributed by atoms with E-state index in [1.807, 2.05) is 56.3 Å². The van der Waals surface area contributed by atoms with Gasteiger partial charge in [-0.2, -0.15) is 0 Å². The van der Waals surface area contributed by atoms with Crippen LogP contribution in [0.4, 0.5) is 5.69 Å². The van der Waals surface area contributed by atoms with Crippen LogP contribution in [-0.4, -0.2) is 35.3 Å². The molecule has 1 atom stereocenters. The summed E-state index contributed by atoms with van der Waals surface area (Å²) in [5.41, 5.74) is 1.77. The van der Waals surface area contributed by atoms with E-state index in [4.69, 9.17) is 18.9 Å². The van der Waals surface area contributed by atoms with E-state index in [0.29, 0.717) is 37.6 Å². The van der Waals surface area contributed by atoms with Crippen molar-refractivity contribution in [3.63, 3.8) is 0 Å². The van der Waals surface area contributed by atoms with Crippen molar-refractivity contribution in [2.45, 2.75) is 46.4 Å². The minimum absolute atomic E-state index is 0.0695. The average Bonchev–Trinajstić information content (AvgIpc) is 3.40. The van der Waals surface area contributed by atoms with Gasteiger partial charge in [-0.1, -0.05) is 59.9 Å². The van der Waals surface area contributed by atoms with Gasteiger partial charge < -0.3 is 18.9 Å². The van der Waals surface area contributed by atoms with Crippen LogP contribution in [0.2, 0.25) is 0 Å². The molecule has 0 unspecified atom stereocenters. The summed E-state index contributed by atoms with van der Waals surface area (Å²) >= 11 is 4.58. The molecule has 13 heteroatoms. The molecule has 51 heavy (non-hydrogen) atoms.